The van der Waals surface area contributed by atoms with Crippen LogP contribution in [0.2, 0.25) is 0 Å². The van der Waals surface area contributed by atoms with E-state index in [2.05, 4.69) is 5.32 Å². The molecule has 2 amide bonds. The van der Waals surface area contributed by atoms with Crippen LogP contribution in [0.3, 0.4) is 0 Å². The molecule has 0 unspecified atom stereocenters. The number of hydrogen-bond donors (Lipinski definition) is 1. The molecule has 120 valence electrons. The Morgan fingerprint density at radius 3 is 2.17 bits per heavy atom. The van der Waals surface area contributed by atoms with Crippen molar-refractivity contribution >= 4 is 23.2 Å². The van der Waals surface area contributed by atoms with Gasteiger partial charge in [0, 0.05) is 25.3 Å². The van der Waals surface area contributed by atoms with Gasteiger partial charge in [0.25, 0.3) is 0 Å². The van der Waals surface area contributed by atoms with Crippen LogP contribution in [0.15, 0.2) is 48.5 Å². The zero-order valence-electron chi connectivity index (χ0n) is 13.5. The standard InChI is InChI=1S/C18H20N2O3/c1-13(21)19-15-6-8-16(9-7-15)20(2)18(22)12-14-4-10-17(23-3)11-5-14/h4-11H,12H2,1-3H3,(H,19,21). The topological polar surface area (TPSA) is 58.6 Å². The van der Waals surface area contributed by atoms with Crippen molar-refractivity contribution in [2.75, 3.05) is 24.4 Å². The summed E-state index contributed by atoms with van der Waals surface area (Å²) in [5.41, 5.74) is 2.41. The summed E-state index contributed by atoms with van der Waals surface area (Å²) in [5, 5.41) is 2.70. The highest BCUT2D eigenvalue weighted by Crippen LogP contribution is 2.18. The number of amides is 2. The van der Waals surface area contributed by atoms with Gasteiger partial charge >= 0.3 is 0 Å². The lowest BCUT2D eigenvalue weighted by molar-refractivity contribution is -0.117. The lowest BCUT2D eigenvalue weighted by Gasteiger charge is -2.18. The maximum atomic E-state index is 12.4. The van der Waals surface area contributed by atoms with Gasteiger partial charge in [-0.05, 0) is 42.0 Å². The quantitative estimate of drug-likeness (QED) is 0.923. The van der Waals surface area contributed by atoms with Crippen LogP contribution in [-0.4, -0.2) is 26.0 Å². The molecule has 0 saturated carbocycles. The molecule has 0 atom stereocenters. The molecule has 0 radical (unpaired) electrons. The minimum Gasteiger partial charge on any atom is -0.497 e. The van der Waals surface area contributed by atoms with Crippen molar-refractivity contribution in [1.82, 2.24) is 0 Å². The second-order valence-corrected chi connectivity index (χ2v) is 5.21. The van der Waals surface area contributed by atoms with Crippen molar-refractivity contribution in [2.24, 2.45) is 0 Å². The Labute approximate surface area is 135 Å². The number of likely N-dealkylation sites (N-methyl/N-ethyl adjacent to an activating group) is 1. The van der Waals surface area contributed by atoms with Crippen LogP contribution in [0, 0.1) is 0 Å². The van der Waals surface area contributed by atoms with Gasteiger partial charge in [0.15, 0.2) is 0 Å². The van der Waals surface area contributed by atoms with Crippen LogP contribution >= 0.6 is 0 Å². The highest BCUT2D eigenvalue weighted by molar-refractivity contribution is 5.95. The lowest BCUT2D eigenvalue weighted by atomic mass is 10.1. The largest absolute Gasteiger partial charge is 0.497 e. The molecule has 0 spiro atoms. The van der Waals surface area contributed by atoms with Crippen molar-refractivity contribution in [1.29, 1.82) is 0 Å². The summed E-state index contributed by atoms with van der Waals surface area (Å²) in [5.74, 6) is 0.632. The Hall–Kier alpha value is -2.82. The molecule has 23 heavy (non-hydrogen) atoms. The van der Waals surface area contributed by atoms with Crippen molar-refractivity contribution < 1.29 is 14.3 Å². The lowest BCUT2D eigenvalue weighted by Crippen LogP contribution is -2.27. The number of methoxy groups -OCH3 is 1. The number of nitrogens with one attached hydrogen (secondary N) is 1. The van der Waals surface area contributed by atoms with Gasteiger partial charge in [-0.25, -0.2) is 0 Å². The fraction of sp³-hybridized carbons (Fsp3) is 0.222. The molecule has 0 heterocycles. The average Bonchev–Trinajstić information content (AvgIpc) is 2.55. The van der Waals surface area contributed by atoms with Crippen molar-refractivity contribution in [2.45, 2.75) is 13.3 Å². The van der Waals surface area contributed by atoms with Crippen molar-refractivity contribution in [3.63, 3.8) is 0 Å². The molecule has 0 aliphatic carbocycles. The summed E-state index contributed by atoms with van der Waals surface area (Å²) >= 11 is 0. The molecular weight excluding hydrogens is 292 g/mol. The number of ether oxygens (including phenoxy) is 1. The Kier molecular flexibility index (Phi) is 5.36. The van der Waals surface area contributed by atoms with Gasteiger partial charge in [-0.15, -0.1) is 0 Å². The highest BCUT2D eigenvalue weighted by Gasteiger charge is 2.12. The molecule has 5 heteroatoms. The third-order valence-electron chi connectivity index (χ3n) is 3.46. The number of carbonyl (C=O) groups excluding carboxylic acids is 2. The van der Waals surface area contributed by atoms with E-state index in [1.165, 1.54) is 6.92 Å². The molecule has 2 rings (SSSR count). The van der Waals surface area contributed by atoms with Gasteiger partial charge in [-0.3, -0.25) is 9.59 Å². The number of hydrogen-bond acceptors (Lipinski definition) is 3. The molecule has 0 bridgehead atoms. The second-order valence-electron chi connectivity index (χ2n) is 5.21. The molecule has 0 saturated heterocycles. The van der Waals surface area contributed by atoms with Crippen LogP contribution < -0.4 is 15.0 Å². The highest BCUT2D eigenvalue weighted by atomic mass is 16.5. The molecule has 0 aromatic heterocycles. The van der Waals surface area contributed by atoms with E-state index in [0.717, 1.165) is 17.0 Å². The minimum atomic E-state index is -0.123. The zero-order chi connectivity index (χ0) is 16.8. The maximum absolute atomic E-state index is 12.4. The van der Waals surface area contributed by atoms with E-state index in [1.807, 2.05) is 24.3 Å². The van der Waals surface area contributed by atoms with Gasteiger partial charge in [-0.1, -0.05) is 12.1 Å². The van der Waals surface area contributed by atoms with E-state index in [4.69, 9.17) is 4.74 Å². The summed E-state index contributed by atoms with van der Waals surface area (Å²) in [4.78, 5) is 25.0. The molecule has 1 N–H and O–H groups in total. The van der Waals surface area contributed by atoms with Gasteiger partial charge < -0.3 is 15.0 Å². The number of benzene rings is 2. The monoisotopic (exact) mass is 312 g/mol. The SMILES string of the molecule is COc1ccc(CC(=O)N(C)c2ccc(NC(C)=O)cc2)cc1. The third-order valence-corrected chi connectivity index (χ3v) is 3.46. The van der Waals surface area contributed by atoms with E-state index in [9.17, 15) is 9.59 Å². The second kappa shape index (κ2) is 7.45. The summed E-state index contributed by atoms with van der Waals surface area (Å²) < 4.78 is 5.10. The van der Waals surface area contributed by atoms with Gasteiger partial charge in [0.2, 0.25) is 11.8 Å². The van der Waals surface area contributed by atoms with Crippen LogP contribution in [-0.2, 0) is 16.0 Å². The molecule has 2 aromatic rings. The maximum Gasteiger partial charge on any atom is 0.231 e. The Balaban J connectivity index is 2.02. The van der Waals surface area contributed by atoms with E-state index < -0.39 is 0 Å². The first-order valence-corrected chi connectivity index (χ1v) is 7.26. The van der Waals surface area contributed by atoms with Gasteiger partial charge in [-0.2, -0.15) is 0 Å². The first kappa shape index (κ1) is 16.5. The fourth-order valence-corrected chi connectivity index (χ4v) is 2.15. The Morgan fingerprint density at radius 1 is 1.04 bits per heavy atom. The van der Waals surface area contributed by atoms with E-state index in [-0.39, 0.29) is 11.8 Å². The zero-order valence-corrected chi connectivity index (χ0v) is 13.5. The number of nitrogens with zero attached hydrogens (tertiary/aromatic N) is 1. The normalized spacial score (nSPS) is 10.0. The Bertz CT molecular complexity index is 678. The molecule has 0 fully saturated rings. The van der Waals surface area contributed by atoms with E-state index in [0.29, 0.717) is 12.1 Å². The van der Waals surface area contributed by atoms with Gasteiger partial charge in [0.05, 0.1) is 13.5 Å². The summed E-state index contributed by atoms with van der Waals surface area (Å²) in [7, 11) is 3.35. The summed E-state index contributed by atoms with van der Waals surface area (Å²) in [6, 6.07) is 14.6. The van der Waals surface area contributed by atoms with Gasteiger partial charge in [0.1, 0.15) is 5.75 Å². The molecule has 5 nitrogen and oxygen atoms in total. The minimum absolute atomic E-state index is 0.0116. The van der Waals surface area contributed by atoms with E-state index >= 15 is 0 Å². The van der Waals surface area contributed by atoms with Crippen LogP contribution in [0.5, 0.6) is 5.75 Å². The molecule has 0 aliphatic heterocycles. The number of rotatable bonds is 5. The van der Waals surface area contributed by atoms with E-state index in [1.54, 1.807) is 43.3 Å². The molecule has 2 aromatic carbocycles. The number of anilines is 2. The van der Waals surface area contributed by atoms with Crippen LogP contribution in [0.4, 0.5) is 11.4 Å². The molecular formula is C18H20N2O3. The third kappa shape index (κ3) is 4.57. The average molecular weight is 312 g/mol. The predicted molar refractivity (Wildman–Crippen MR) is 90.9 cm³/mol. The predicted octanol–water partition coefficient (Wildman–Crippen LogP) is 2.86. The molecule has 0 aliphatic rings. The number of carbonyl (C=O) groups is 2. The smallest absolute Gasteiger partial charge is 0.231 e. The Morgan fingerprint density at radius 2 is 1.65 bits per heavy atom. The van der Waals surface area contributed by atoms with Crippen molar-refractivity contribution in [3.05, 3.63) is 54.1 Å². The summed E-state index contributed by atoms with van der Waals surface area (Å²) in [6.45, 7) is 1.46. The summed E-state index contributed by atoms with van der Waals surface area (Å²) in [6.07, 6.45) is 0.313. The fourth-order valence-electron chi connectivity index (χ4n) is 2.15. The first-order valence-electron chi connectivity index (χ1n) is 7.26. The van der Waals surface area contributed by atoms with Crippen molar-refractivity contribution in [3.8, 4) is 5.75 Å². The van der Waals surface area contributed by atoms with Crippen LogP contribution in [0.1, 0.15) is 12.5 Å². The first-order chi connectivity index (χ1) is 11.0. The van der Waals surface area contributed by atoms with Crippen LogP contribution in [0.25, 0.3) is 0 Å².